The lowest BCUT2D eigenvalue weighted by molar-refractivity contribution is -0.132. The second kappa shape index (κ2) is 4.44. The molecule has 0 unspecified atom stereocenters. The average Bonchev–Trinajstić information content (AvgIpc) is 1.86. The molecule has 0 saturated heterocycles. The molecule has 60 valence electrons. The molecule has 0 aliphatic heterocycles. The van der Waals surface area contributed by atoms with Gasteiger partial charge < -0.3 is 5.11 Å². The molecule has 3 nitrogen and oxygen atoms in total. The van der Waals surface area contributed by atoms with Crippen LogP contribution in [0.15, 0.2) is 23.8 Å². The maximum Gasteiger partial charge on any atom is 0.331 e. The van der Waals surface area contributed by atoms with Crippen LogP contribution in [0.5, 0.6) is 0 Å². The van der Waals surface area contributed by atoms with E-state index in [-0.39, 0.29) is 11.4 Å². The van der Waals surface area contributed by atoms with Crippen LogP contribution in [0.2, 0.25) is 0 Å². The minimum Gasteiger partial charge on any atom is -0.478 e. The average molecular weight is 154 g/mol. The predicted octanol–water partition coefficient (Wildman–Crippen LogP) is 1.16. The van der Waals surface area contributed by atoms with Gasteiger partial charge in [-0.2, -0.15) is 0 Å². The van der Waals surface area contributed by atoms with Crippen LogP contribution in [0.25, 0.3) is 0 Å². The Morgan fingerprint density at radius 2 is 1.82 bits per heavy atom. The van der Waals surface area contributed by atoms with Crippen molar-refractivity contribution < 1.29 is 14.7 Å². The third kappa shape index (κ3) is 5.08. The second-order valence-corrected chi connectivity index (χ2v) is 2.12. The SMILES string of the molecule is CC(=O)C=CC=C(C)C(=O)O. The molecule has 0 aromatic heterocycles. The molecule has 1 N–H and O–H groups in total. The van der Waals surface area contributed by atoms with Gasteiger partial charge in [0.1, 0.15) is 0 Å². The van der Waals surface area contributed by atoms with Crippen molar-refractivity contribution in [1.29, 1.82) is 0 Å². The summed E-state index contributed by atoms with van der Waals surface area (Å²) in [6.45, 7) is 2.87. The zero-order chi connectivity index (χ0) is 8.85. The summed E-state index contributed by atoms with van der Waals surface area (Å²) in [5.74, 6) is -1.07. The molecule has 0 fully saturated rings. The molecule has 3 heteroatoms. The molecule has 0 saturated carbocycles. The van der Waals surface area contributed by atoms with E-state index in [1.165, 1.54) is 32.1 Å². The third-order valence-corrected chi connectivity index (χ3v) is 1.01. The summed E-state index contributed by atoms with van der Waals surface area (Å²) >= 11 is 0. The highest BCUT2D eigenvalue weighted by atomic mass is 16.4. The Bertz CT molecular complexity index is 223. The van der Waals surface area contributed by atoms with Crippen molar-refractivity contribution in [3.05, 3.63) is 23.8 Å². The Balaban J connectivity index is 4.13. The van der Waals surface area contributed by atoms with Gasteiger partial charge in [-0.25, -0.2) is 4.79 Å². The molecular weight excluding hydrogens is 144 g/mol. The minimum absolute atomic E-state index is 0.0977. The van der Waals surface area contributed by atoms with Crippen molar-refractivity contribution >= 4 is 11.8 Å². The van der Waals surface area contributed by atoms with Crippen molar-refractivity contribution in [2.75, 3.05) is 0 Å². The first-order valence-electron chi connectivity index (χ1n) is 3.13. The fraction of sp³-hybridized carbons (Fsp3) is 0.250. The van der Waals surface area contributed by atoms with Gasteiger partial charge in [0.15, 0.2) is 5.78 Å². The Kier molecular flexibility index (Phi) is 3.88. The van der Waals surface area contributed by atoms with Crippen molar-refractivity contribution in [3.63, 3.8) is 0 Å². The van der Waals surface area contributed by atoms with Crippen LogP contribution >= 0.6 is 0 Å². The molecular formula is C8H10O3. The van der Waals surface area contributed by atoms with E-state index in [1.54, 1.807) is 0 Å². The van der Waals surface area contributed by atoms with Crippen LogP contribution in [0, 0.1) is 0 Å². The van der Waals surface area contributed by atoms with Crippen LogP contribution in [0.1, 0.15) is 13.8 Å². The molecule has 0 aromatic carbocycles. The smallest absolute Gasteiger partial charge is 0.331 e. The van der Waals surface area contributed by atoms with Gasteiger partial charge in [0, 0.05) is 5.57 Å². The third-order valence-electron chi connectivity index (χ3n) is 1.01. The normalized spacial score (nSPS) is 12.0. The lowest BCUT2D eigenvalue weighted by Gasteiger charge is -1.86. The molecule has 0 heterocycles. The van der Waals surface area contributed by atoms with E-state index in [0.717, 1.165) is 0 Å². The summed E-state index contributed by atoms with van der Waals surface area (Å²) in [7, 11) is 0. The standard InChI is InChI=1S/C8H10O3/c1-6(8(10)11)4-3-5-7(2)9/h3-5H,1-2H3,(H,10,11). The first-order valence-corrected chi connectivity index (χ1v) is 3.13. The number of carboxylic acids is 1. The highest BCUT2D eigenvalue weighted by Crippen LogP contribution is 1.91. The number of carboxylic acid groups (broad SMARTS) is 1. The molecule has 0 atom stereocenters. The molecule has 0 aliphatic carbocycles. The maximum absolute atomic E-state index is 10.3. The summed E-state index contributed by atoms with van der Waals surface area (Å²) in [4.78, 5) is 20.5. The number of carbonyl (C=O) groups is 2. The van der Waals surface area contributed by atoms with Crippen molar-refractivity contribution in [2.24, 2.45) is 0 Å². The molecule has 0 spiro atoms. The van der Waals surface area contributed by atoms with Crippen molar-refractivity contribution in [1.82, 2.24) is 0 Å². The molecule has 0 radical (unpaired) electrons. The van der Waals surface area contributed by atoms with Crippen LogP contribution in [0.3, 0.4) is 0 Å². The fourth-order valence-corrected chi connectivity index (χ4v) is 0.399. The Labute approximate surface area is 65.0 Å². The van der Waals surface area contributed by atoms with Gasteiger partial charge in [-0.3, -0.25) is 4.79 Å². The van der Waals surface area contributed by atoms with Gasteiger partial charge in [0.2, 0.25) is 0 Å². The number of allylic oxidation sites excluding steroid dienone is 3. The van der Waals surface area contributed by atoms with Gasteiger partial charge in [-0.1, -0.05) is 12.2 Å². The Morgan fingerprint density at radius 3 is 2.18 bits per heavy atom. The predicted molar refractivity (Wildman–Crippen MR) is 41.2 cm³/mol. The van der Waals surface area contributed by atoms with Gasteiger partial charge in [0.25, 0.3) is 0 Å². The van der Waals surface area contributed by atoms with E-state index < -0.39 is 5.97 Å². The molecule has 11 heavy (non-hydrogen) atoms. The first-order chi connectivity index (χ1) is 5.04. The van der Waals surface area contributed by atoms with Crippen LogP contribution in [-0.4, -0.2) is 16.9 Å². The Morgan fingerprint density at radius 1 is 1.27 bits per heavy atom. The lowest BCUT2D eigenvalue weighted by atomic mass is 10.2. The van der Waals surface area contributed by atoms with Gasteiger partial charge in [-0.05, 0) is 19.9 Å². The van der Waals surface area contributed by atoms with Gasteiger partial charge >= 0.3 is 5.97 Å². The van der Waals surface area contributed by atoms with E-state index in [2.05, 4.69) is 0 Å². The van der Waals surface area contributed by atoms with E-state index in [0.29, 0.717) is 0 Å². The van der Waals surface area contributed by atoms with E-state index in [1.807, 2.05) is 0 Å². The van der Waals surface area contributed by atoms with E-state index >= 15 is 0 Å². The monoisotopic (exact) mass is 154 g/mol. The summed E-state index contributed by atoms with van der Waals surface area (Å²) in [5.41, 5.74) is 0.211. The molecule has 0 aliphatic rings. The van der Waals surface area contributed by atoms with Gasteiger partial charge in [-0.15, -0.1) is 0 Å². The van der Waals surface area contributed by atoms with E-state index in [9.17, 15) is 9.59 Å². The fourth-order valence-electron chi connectivity index (χ4n) is 0.399. The minimum atomic E-state index is -0.974. The summed E-state index contributed by atoms with van der Waals surface area (Å²) < 4.78 is 0. The maximum atomic E-state index is 10.3. The summed E-state index contributed by atoms with van der Waals surface area (Å²) in [5, 5.41) is 8.36. The summed E-state index contributed by atoms with van der Waals surface area (Å²) in [6.07, 6.45) is 4.11. The number of aliphatic carboxylic acids is 1. The number of hydrogen-bond acceptors (Lipinski definition) is 2. The van der Waals surface area contributed by atoms with Crippen molar-refractivity contribution in [2.45, 2.75) is 13.8 Å². The number of carbonyl (C=O) groups excluding carboxylic acids is 1. The summed E-state index contributed by atoms with van der Waals surface area (Å²) in [6, 6.07) is 0. The first kappa shape index (κ1) is 9.62. The highest BCUT2D eigenvalue weighted by Gasteiger charge is 1.95. The quantitative estimate of drug-likeness (QED) is 0.490. The zero-order valence-electron chi connectivity index (χ0n) is 6.50. The largest absolute Gasteiger partial charge is 0.478 e. The second-order valence-electron chi connectivity index (χ2n) is 2.12. The Hall–Kier alpha value is -1.38. The molecule has 0 aromatic rings. The van der Waals surface area contributed by atoms with Crippen LogP contribution in [-0.2, 0) is 9.59 Å². The molecule has 0 amide bonds. The topological polar surface area (TPSA) is 54.4 Å². The van der Waals surface area contributed by atoms with Crippen LogP contribution < -0.4 is 0 Å². The number of rotatable bonds is 3. The van der Waals surface area contributed by atoms with Crippen molar-refractivity contribution in [3.8, 4) is 0 Å². The lowest BCUT2D eigenvalue weighted by Crippen LogP contribution is -1.94. The number of ketones is 1. The van der Waals surface area contributed by atoms with Crippen LogP contribution in [0.4, 0.5) is 0 Å². The highest BCUT2D eigenvalue weighted by molar-refractivity contribution is 5.89. The zero-order valence-corrected chi connectivity index (χ0v) is 6.50. The molecule has 0 rings (SSSR count). The molecule has 0 bridgehead atoms. The van der Waals surface area contributed by atoms with Gasteiger partial charge in [0.05, 0.1) is 0 Å². The van der Waals surface area contributed by atoms with E-state index in [4.69, 9.17) is 5.11 Å². The number of hydrogen-bond donors (Lipinski definition) is 1.